The van der Waals surface area contributed by atoms with Gasteiger partial charge in [0.1, 0.15) is 5.00 Å². The summed E-state index contributed by atoms with van der Waals surface area (Å²) in [6.07, 6.45) is 2.61. The largest absolute Gasteiger partial charge is 0.492 e. The second-order valence-electron chi connectivity index (χ2n) is 5.40. The van der Waals surface area contributed by atoms with Crippen LogP contribution in [0.4, 0.5) is 10.7 Å². The van der Waals surface area contributed by atoms with Crippen molar-refractivity contribution >= 4 is 27.8 Å². The lowest BCUT2D eigenvalue weighted by Gasteiger charge is -2.28. The fourth-order valence-corrected chi connectivity index (χ4v) is 3.80. The highest BCUT2D eigenvalue weighted by atomic mass is 32.1. The minimum Gasteiger partial charge on any atom is -0.492 e. The van der Waals surface area contributed by atoms with Crippen molar-refractivity contribution in [2.45, 2.75) is 26.2 Å². The number of hydrogen-bond donors (Lipinski definition) is 1. The molecule has 1 aromatic heterocycles. The summed E-state index contributed by atoms with van der Waals surface area (Å²) in [4.78, 5) is 14.7. The molecule has 2 N–H and O–H groups in total. The molecule has 118 valence electrons. The Bertz CT molecular complexity index is 495. The summed E-state index contributed by atoms with van der Waals surface area (Å²) in [6, 6.07) is 0. The van der Waals surface area contributed by atoms with Gasteiger partial charge in [0.2, 0.25) is 0 Å². The van der Waals surface area contributed by atoms with Crippen molar-refractivity contribution in [1.29, 1.82) is 0 Å². The van der Waals surface area contributed by atoms with Crippen molar-refractivity contribution in [3.05, 3.63) is 4.88 Å². The molecule has 1 aliphatic rings. The van der Waals surface area contributed by atoms with Crippen LogP contribution in [0.3, 0.4) is 0 Å². The van der Waals surface area contributed by atoms with Crippen LogP contribution in [-0.2, 0) is 4.74 Å². The number of anilines is 2. The monoisotopic (exact) mass is 312 g/mol. The van der Waals surface area contributed by atoms with Crippen molar-refractivity contribution in [3.63, 3.8) is 0 Å². The van der Waals surface area contributed by atoms with E-state index in [1.807, 2.05) is 14.0 Å². The van der Waals surface area contributed by atoms with Crippen LogP contribution in [0.2, 0.25) is 0 Å². The first kappa shape index (κ1) is 16.1. The van der Waals surface area contributed by atoms with Crippen molar-refractivity contribution in [3.8, 4) is 5.75 Å². The molecular weight excluding hydrogens is 288 g/mol. The molecule has 1 aliphatic heterocycles. The third kappa shape index (κ3) is 3.49. The van der Waals surface area contributed by atoms with E-state index in [9.17, 15) is 4.79 Å². The number of rotatable bonds is 6. The molecule has 0 saturated carbocycles. The highest BCUT2D eigenvalue weighted by Gasteiger charge is 2.25. The van der Waals surface area contributed by atoms with Crippen LogP contribution in [0.25, 0.3) is 0 Å². The number of hydrogen-bond acceptors (Lipinski definition) is 6. The molecule has 0 bridgehead atoms. The van der Waals surface area contributed by atoms with E-state index in [-0.39, 0.29) is 5.78 Å². The van der Waals surface area contributed by atoms with Crippen LogP contribution in [-0.4, -0.2) is 39.7 Å². The lowest BCUT2D eigenvalue weighted by molar-refractivity contribution is 0.0685. The first-order valence-corrected chi connectivity index (χ1v) is 8.18. The lowest BCUT2D eigenvalue weighted by Crippen LogP contribution is -2.29. The second-order valence-corrected chi connectivity index (χ2v) is 6.40. The van der Waals surface area contributed by atoms with Gasteiger partial charge < -0.3 is 20.1 Å². The summed E-state index contributed by atoms with van der Waals surface area (Å²) in [7, 11) is 3.63. The molecule has 0 radical (unpaired) electrons. The Morgan fingerprint density at radius 3 is 2.71 bits per heavy atom. The standard InChI is InChI=1S/C15H24N2O3S/c1-4-11(18)14-12(16)13(19-3)15(21-14)17(2)9-10-5-7-20-8-6-10/h10H,4-9,16H2,1-3H3. The van der Waals surface area contributed by atoms with Crippen LogP contribution in [0, 0.1) is 5.92 Å². The van der Waals surface area contributed by atoms with Gasteiger partial charge in [-0.15, -0.1) is 11.3 Å². The molecule has 1 fully saturated rings. The molecule has 1 aromatic rings. The van der Waals surface area contributed by atoms with Crippen molar-refractivity contribution in [2.24, 2.45) is 5.92 Å². The first-order valence-electron chi connectivity index (χ1n) is 7.36. The van der Waals surface area contributed by atoms with Gasteiger partial charge >= 0.3 is 0 Å². The van der Waals surface area contributed by atoms with Gasteiger partial charge in [-0.25, -0.2) is 0 Å². The summed E-state index contributed by atoms with van der Waals surface area (Å²) in [5.41, 5.74) is 6.56. The number of thiophene rings is 1. The maximum atomic E-state index is 12.0. The maximum Gasteiger partial charge on any atom is 0.177 e. The van der Waals surface area contributed by atoms with E-state index in [1.165, 1.54) is 11.3 Å². The second kappa shape index (κ2) is 7.13. The van der Waals surface area contributed by atoms with Gasteiger partial charge in [-0.3, -0.25) is 4.79 Å². The summed E-state index contributed by atoms with van der Waals surface area (Å²) >= 11 is 1.44. The number of nitrogens with zero attached hydrogens (tertiary/aromatic N) is 1. The minimum absolute atomic E-state index is 0.0708. The molecule has 0 aliphatic carbocycles. The van der Waals surface area contributed by atoms with Gasteiger partial charge in [0.15, 0.2) is 11.5 Å². The Hall–Kier alpha value is -1.27. The van der Waals surface area contributed by atoms with Crippen molar-refractivity contribution < 1.29 is 14.3 Å². The summed E-state index contributed by atoms with van der Waals surface area (Å²) in [5, 5.41) is 0.943. The number of carbonyl (C=O) groups excluding carboxylic acids is 1. The van der Waals surface area contributed by atoms with Crippen LogP contribution >= 0.6 is 11.3 Å². The normalized spacial score (nSPS) is 16.0. The molecule has 0 unspecified atom stereocenters. The predicted molar refractivity (Wildman–Crippen MR) is 86.7 cm³/mol. The number of methoxy groups -OCH3 is 1. The Kier molecular flexibility index (Phi) is 5.47. The molecule has 6 heteroatoms. The van der Waals surface area contributed by atoms with Gasteiger partial charge in [-0.05, 0) is 18.8 Å². The van der Waals surface area contributed by atoms with Gasteiger partial charge in [0.05, 0.1) is 17.7 Å². The van der Waals surface area contributed by atoms with Crippen molar-refractivity contribution in [1.82, 2.24) is 0 Å². The van der Waals surface area contributed by atoms with Crippen LogP contribution < -0.4 is 15.4 Å². The van der Waals surface area contributed by atoms with Crippen LogP contribution in [0.1, 0.15) is 35.9 Å². The molecular formula is C15H24N2O3S. The molecule has 2 rings (SSSR count). The Morgan fingerprint density at radius 1 is 1.48 bits per heavy atom. The average molecular weight is 312 g/mol. The Morgan fingerprint density at radius 2 is 2.14 bits per heavy atom. The summed E-state index contributed by atoms with van der Waals surface area (Å²) in [5.74, 6) is 1.31. The Balaban J connectivity index is 2.19. The summed E-state index contributed by atoms with van der Waals surface area (Å²) < 4.78 is 10.8. The molecule has 0 aromatic carbocycles. The van der Waals surface area contributed by atoms with Gasteiger partial charge in [-0.1, -0.05) is 6.92 Å². The lowest BCUT2D eigenvalue weighted by atomic mass is 10.00. The number of nitrogens with two attached hydrogens (primary N) is 1. The predicted octanol–water partition coefficient (Wildman–Crippen LogP) is 2.79. The zero-order valence-electron chi connectivity index (χ0n) is 13.0. The van der Waals surface area contributed by atoms with Crippen LogP contribution in [0.5, 0.6) is 5.75 Å². The number of Topliss-reactive ketones (excluding diaryl/α,β-unsaturated/α-hetero) is 1. The highest BCUT2D eigenvalue weighted by Crippen LogP contribution is 2.45. The molecule has 5 nitrogen and oxygen atoms in total. The van der Waals surface area contributed by atoms with Crippen LogP contribution in [0.15, 0.2) is 0 Å². The zero-order valence-corrected chi connectivity index (χ0v) is 13.8. The van der Waals surface area contributed by atoms with E-state index in [2.05, 4.69) is 4.90 Å². The number of carbonyl (C=O) groups is 1. The van der Waals surface area contributed by atoms with Gasteiger partial charge in [0.25, 0.3) is 0 Å². The first-order chi connectivity index (χ1) is 10.1. The van der Waals surface area contributed by atoms with E-state index >= 15 is 0 Å². The fourth-order valence-electron chi connectivity index (χ4n) is 2.63. The minimum atomic E-state index is 0.0708. The quantitative estimate of drug-likeness (QED) is 0.818. The number of ether oxygens (including phenoxy) is 2. The van der Waals surface area contributed by atoms with E-state index in [0.29, 0.717) is 28.7 Å². The maximum absolute atomic E-state index is 12.0. The van der Waals surface area contributed by atoms with Gasteiger partial charge in [0, 0.05) is 33.2 Å². The molecule has 0 spiro atoms. The van der Waals surface area contributed by atoms with E-state index in [4.69, 9.17) is 15.2 Å². The average Bonchev–Trinajstić information content (AvgIpc) is 2.84. The topological polar surface area (TPSA) is 64.8 Å². The summed E-state index contributed by atoms with van der Waals surface area (Å²) in [6.45, 7) is 4.45. The highest BCUT2D eigenvalue weighted by molar-refractivity contribution is 7.19. The molecule has 0 amide bonds. The third-order valence-corrected chi connectivity index (χ3v) is 5.22. The number of nitrogen functional groups attached to an aromatic ring is 1. The molecule has 0 atom stereocenters. The van der Waals surface area contributed by atoms with E-state index in [0.717, 1.165) is 37.6 Å². The van der Waals surface area contributed by atoms with Gasteiger partial charge in [-0.2, -0.15) is 0 Å². The third-order valence-electron chi connectivity index (χ3n) is 3.88. The smallest absolute Gasteiger partial charge is 0.177 e. The van der Waals surface area contributed by atoms with Crippen molar-refractivity contribution in [2.75, 3.05) is 44.5 Å². The SMILES string of the molecule is CCC(=O)c1sc(N(C)CC2CCOCC2)c(OC)c1N. The number of ketones is 1. The Labute approximate surface area is 130 Å². The molecule has 2 heterocycles. The molecule has 21 heavy (non-hydrogen) atoms. The zero-order chi connectivity index (χ0) is 15.4. The van der Waals surface area contributed by atoms with E-state index in [1.54, 1.807) is 7.11 Å². The molecule has 1 saturated heterocycles. The fraction of sp³-hybridized carbons (Fsp3) is 0.667. The van der Waals surface area contributed by atoms with E-state index < -0.39 is 0 Å².